The van der Waals surface area contributed by atoms with Crippen LogP contribution in [0.2, 0.25) is 10.0 Å². The molecule has 8 heteroatoms. The number of carbonyl (C=O) groups is 1. The van der Waals surface area contributed by atoms with Gasteiger partial charge in [0, 0.05) is 24.8 Å². The molecule has 0 fully saturated rings. The molecule has 0 spiro atoms. The van der Waals surface area contributed by atoms with Gasteiger partial charge in [0.15, 0.2) is 0 Å². The second-order valence-corrected chi connectivity index (χ2v) is 7.21. The topological polar surface area (TPSA) is 65.4 Å². The van der Waals surface area contributed by atoms with Crippen LogP contribution in [0.1, 0.15) is 19.2 Å². The maximum Gasteiger partial charge on any atom is 0.240 e. The molecule has 3 rings (SSSR count). The number of hydrogen-bond acceptors (Lipinski definition) is 4. The van der Waals surface area contributed by atoms with Gasteiger partial charge >= 0.3 is 0 Å². The second-order valence-electron chi connectivity index (χ2n) is 6.37. The SMILES string of the molecule is CCOCCCNC(=O)Cn1c(COc2ccc(Cl)cc2Cl)nc2ccccc21. The van der Waals surface area contributed by atoms with Crippen molar-refractivity contribution in [1.82, 2.24) is 14.9 Å². The summed E-state index contributed by atoms with van der Waals surface area (Å²) in [6, 6.07) is 12.7. The lowest BCUT2D eigenvalue weighted by atomic mass is 10.3. The zero-order valence-corrected chi connectivity index (χ0v) is 17.7. The molecule has 0 saturated carbocycles. The number of nitrogens with one attached hydrogen (secondary N) is 1. The van der Waals surface area contributed by atoms with Crippen molar-refractivity contribution in [3.63, 3.8) is 0 Å². The first-order chi connectivity index (χ1) is 14.1. The Kier molecular flexibility index (Phi) is 7.75. The Hall–Kier alpha value is -2.28. The summed E-state index contributed by atoms with van der Waals surface area (Å²) in [4.78, 5) is 17.0. The van der Waals surface area contributed by atoms with E-state index in [1.165, 1.54) is 0 Å². The Labute approximate surface area is 179 Å². The van der Waals surface area contributed by atoms with Crippen molar-refractivity contribution in [1.29, 1.82) is 0 Å². The third kappa shape index (κ3) is 5.85. The molecule has 0 radical (unpaired) electrons. The molecule has 0 atom stereocenters. The number of fused-ring (bicyclic) bond motifs is 1. The van der Waals surface area contributed by atoms with Gasteiger partial charge in [0.1, 0.15) is 24.7 Å². The number of para-hydroxylation sites is 2. The molecule has 29 heavy (non-hydrogen) atoms. The Morgan fingerprint density at radius 2 is 2.03 bits per heavy atom. The van der Waals surface area contributed by atoms with Gasteiger partial charge in [0.05, 0.1) is 16.1 Å². The van der Waals surface area contributed by atoms with Crippen molar-refractivity contribution in [3.8, 4) is 5.75 Å². The summed E-state index contributed by atoms with van der Waals surface area (Å²) in [6.45, 7) is 4.15. The summed E-state index contributed by atoms with van der Waals surface area (Å²) in [6.07, 6.45) is 0.773. The summed E-state index contributed by atoms with van der Waals surface area (Å²) in [5.41, 5.74) is 1.68. The van der Waals surface area contributed by atoms with Crippen molar-refractivity contribution in [2.45, 2.75) is 26.5 Å². The molecule has 1 amide bonds. The van der Waals surface area contributed by atoms with E-state index in [0.717, 1.165) is 17.5 Å². The van der Waals surface area contributed by atoms with E-state index in [2.05, 4.69) is 10.3 Å². The molecule has 0 aliphatic carbocycles. The normalized spacial score (nSPS) is 11.0. The minimum Gasteiger partial charge on any atom is -0.484 e. The van der Waals surface area contributed by atoms with Gasteiger partial charge in [0.2, 0.25) is 5.91 Å². The van der Waals surface area contributed by atoms with Gasteiger partial charge in [-0.25, -0.2) is 4.98 Å². The molecular formula is C21H23Cl2N3O3. The Morgan fingerprint density at radius 1 is 1.21 bits per heavy atom. The first-order valence-electron chi connectivity index (χ1n) is 9.45. The summed E-state index contributed by atoms with van der Waals surface area (Å²) in [5, 5.41) is 3.88. The molecule has 154 valence electrons. The molecule has 1 aromatic heterocycles. The lowest BCUT2D eigenvalue weighted by Crippen LogP contribution is -2.29. The van der Waals surface area contributed by atoms with Crippen LogP contribution in [0, 0.1) is 0 Å². The van der Waals surface area contributed by atoms with Gasteiger partial charge in [-0.1, -0.05) is 35.3 Å². The predicted molar refractivity (Wildman–Crippen MR) is 115 cm³/mol. The van der Waals surface area contributed by atoms with E-state index in [-0.39, 0.29) is 19.1 Å². The van der Waals surface area contributed by atoms with Crippen LogP contribution in [-0.4, -0.2) is 35.2 Å². The predicted octanol–water partition coefficient (Wildman–Crippen LogP) is 4.46. The third-order valence-corrected chi connectivity index (χ3v) is 4.81. The highest BCUT2D eigenvalue weighted by Crippen LogP contribution is 2.28. The van der Waals surface area contributed by atoms with Crippen LogP contribution in [-0.2, 0) is 22.7 Å². The van der Waals surface area contributed by atoms with E-state index in [9.17, 15) is 4.79 Å². The number of amides is 1. The molecule has 2 aromatic carbocycles. The minimum atomic E-state index is -0.0876. The van der Waals surface area contributed by atoms with E-state index in [4.69, 9.17) is 32.7 Å². The molecule has 0 saturated heterocycles. The second kappa shape index (κ2) is 10.5. The van der Waals surface area contributed by atoms with Crippen molar-refractivity contribution in [2.75, 3.05) is 19.8 Å². The first kappa shape index (κ1) is 21.4. The Morgan fingerprint density at radius 3 is 2.83 bits per heavy atom. The maximum atomic E-state index is 12.4. The van der Waals surface area contributed by atoms with Crippen molar-refractivity contribution < 1.29 is 14.3 Å². The summed E-state index contributed by atoms with van der Waals surface area (Å²) < 4.78 is 13.0. The van der Waals surface area contributed by atoms with Gasteiger partial charge in [-0.15, -0.1) is 0 Å². The molecule has 0 aliphatic rings. The van der Waals surface area contributed by atoms with Crippen LogP contribution in [0.3, 0.4) is 0 Å². The number of nitrogens with zero attached hydrogens (tertiary/aromatic N) is 2. The largest absolute Gasteiger partial charge is 0.484 e. The molecule has 0 unspecified atom stereocenters. The lowest BCUT2D eigenvalue weighted by Gasteiger charge is -2.12. The van der Waals surface area contributed by atoms with Gasteiger partial charge in [-0.3, -0.25) is 4.79 Å². The van der Waals surface area contributed by atoms with E-state index < -0.39 is 0 Å². The molecule has 0 aliphatic heterocycles. The molecule has 1 heterocycles. The molecule has 3 aromatic rings. The van der Waals surface area contributed by atoms with Crippen LogP contribution in [0.4, 0.5) is 0 Å². The minimum absolute atomic E-state index is 0.0876. The fraction of sp³-hybridized carbons (Fsp3) is 0.333. The number of aromatic nitrogens is 2. The summed E-state index contributed by atoms with van der Waals surface area (Å²) in [7, 11) is 0. The Bertz CT molecular complexity index is 975. The van der Waals surface area contributed by atoms with Gasteiger partial charge < -0.3 is 19.4 Å². The number of carbonyl (C=O) groups excluding carboxylic acids is 1. The molecule has 1 N–H and O–H groups in total. The smallest absolute Gasteiger partial charge is 0.240 e. The number of imidazole rings is 1. The fourth-order valence-electron chi connectivity index (χ4n) is 2.89. The maximum absolute atomic E-state index is 12.4. The van der Waals surface area contributed by atoms with Crippen LogP contribution in [0.5, 0.6) is 5.75 Å². The molecular weight excluding hydrogens is 413 g/mol. The monoisotopic (exact) mass is 435 g/mol. The van der Waals surface area contributed by atoms with Gasteiger partial charge in [0.25, 0.3) is 0 Å². The zero-order valence-electron chi connectivity index (χ0n) is 16.2. The fourth-order valence-corrected chi connectivity index (χ4v) is 3.36. The molecule has 6 nitrogen and oxygen atoms in total. The quantitative estimate of drug-likeness (QED) is 0.477. The first-order valence-corrected chi connectivity index (χ1v) is 10.2. The van der Waals surface area contributed by atoms with Crippen molar-refractivity contribution in [3.05, 3.63) is 58.3 Å². The lowest BCUT2D eigenvalue weighted by molar-refractivity contribution is -0.121. The number of hydrogen-bond donors (Lipinski definition) is 1. The number of halogens is 2. The van der Waals surface area contributed by atoms with E-state index in [1.807, 2.05) is 35.8 Å². The average Bonchev–Trinajstić information content (AvgIpc) is 3.04. The van der Waals surface area contributed by atoms with Crippen LogP contribution in [0.15, 0.2) is 42.5 Å². The zero-order chi connectivity index (χ0) is 20.6. The number of rotatable bonds is 10. The standard InChI is InChI=1S/C21H23Cl2N3O3/c1-2-28-11-5-10-24-21(27)13-26-18-7-4-3-6-17(18)25-20(26)14-29-19-9-8-15(22)12-16(19)23/h3-4,6-9,12H,2,5,10-11,13-14H2,1H3,(H,24,27). The van der Waals surface area contributed by atoms with Crippen LogP contribution in [0.25, 0.3) is 11.0 Å². The van der Waals surface area contributed by atoms with Gasteiger partial charge in [-0.05, 0) is 43.7 Å². The van der Waals surface area contributed by atoms with Gasteiger partial charge in [-0.2, -0.15) is 0 Å². The van der Waals surface area contributed by atoms with Crippen LogP contribution < -0.4 is 10.1 Å². The summed E-state index contributed by atoms with van der Waals surface area (Å²) in [5.74, 6) is 1.06. The summed E-state index contributed by atoms with van der Waals surface area (Å²) >= 11 is 12.1. The Balaban J connectivity index is 1.71. The van der Waals surface area contributed by atoms with E-state index in [1.54, 1.807) is 18.2 Å². The average molecular weight is 436 g/mol. The van der Waals surface area contributed by atoms with Crippen LogP contribution >= 0.6 is 23.2 Å². The highest BCUT2D eigenvalue weighted by molar-refractivity contribution is 6.35. The third-order valence-electron chi connectivity index (χ3n) is 4.28. The number of benzene rings is 2. The highest BCUT2D eigenvalue weighted by atomic mass is 35.5. The van der Waals surface area contributed by atoms with E-state index >= 15 is 0 Å². The van der Waals surface area contributed by atoms with Crippen molar-refractivity contribution in [2.24, 2.45) is 0 Å². The van der Waals surface area contributed by atoms with E-state index in [0.29, 0.717) is 41.4 Å². The molecule has 0 bridgehead atoms. The highest BCUT2D eigenvalue weighted by Gasteiger charge is 2.14. The number of ether oxygens (including phenoxy) is 2. The van der Waals surface area contributed by atoms with Crippen molar-refractivity contribution >= 4 is 40.1 Å².